The zero-order valence-electron chi connectivity index (χ0n) is 17.4. The van der Waals surface area contributed by atoms with E-state index in [2.05, 4.69) is 47.5 Å². The van der Waals surface area contributed by atoms with E-state index in [0.717, 1.165) is 44.0 Å². The lowest BCUT2D eigenvalue weighted by Gasteiger charge is -2.34. The molecule has 1 fully saturated rings. The van der Waals surface area contributed by atoms with Crippen molar-refractivity contribution in [3.8, 4) is 5.75 Å². The van der Waals surface area contributed by atoms with Gasteiger partial charge < -0.3 is 20.5 Å². The molecule has 2 aliphatic rings. The van der Waals surface area contributed by atoms with Crippen molar-refractivity contribution >= 4 is 29.9 Å². The summed E-state index contributed by atoms with van der Waals surface area (Å²) < 4.78 is 11.3. The van der Waals surface area contributed by atoms with Gasteiger partial charge in [-0.2, -0.15) is 0 Å². The number of fused-ring (bicyclic) bond motifs is 1. The summed E-state index contributed by atoms with van der Waals surface area (Å²) in [7, 11) is 0. The first-order valence-electron chi connectivity index (χ1n) is 10.4. The molecule has 0 aliphatic carbocycles. The standard InChI is InChI=1S/C23H30N4O2.HI/c1-17-5-4-6-18(15-17)21(27-10-13-28-14-11-27)16-25-23(24)26-20-9-12-29-22-8-3-2-7-19(20)22;/h2-8,15,20-21H,9-14,16H2,1H3,(H3,24,25,26);1H. The van der Waals surface area contributed by atoms with Crippen LogP contribution in [0.1, 0.15) is 35.2 Å². The van der Waals surface area contributed by atoms with E-state index in [1.807, 2.05) is 18.2 Å². The van der Waals surface area contributed by atoms with Gasteiger partial charge in [-0.05, 0) is 18.6 Å². The Kier molecular flexibility index (Phi) is 8.35. The van der Waals surface area contributed by atoms with Gasteiger partial charge in [-0.15, -0.1) is 24.0 Å². The number of nitrogens with one attached hydrogen (secondary N) is 1. The lowest BCUT2D eigenvalue weighted by Crippen LogP contribution is -2.41. The summed E-state index contributed by atoms with van der Waals surface area (Å²) >= 11 is 0. The minimum Gasteiger partial charge on any atom is -0.493 e. The topological polar surface area (TPSA) is 72.1 Å². The maximum atomic E-state index is 6.30. The smallest absolute Gasteiger partial charge is 0.189 e. The molecule has 2 aliphatic heterocycles. The number of nitrogens with zero attached hydrogens (tertiary/aromatic N) is 2. The zero-order valence-corrected chi connectivity index (χ0v) is 19.8. The third kappa shape index (κ3) is 5.65. The number of rotatable bonds is 5. The molecule has 2 heterocycles. The van der Waals surface area contributed by atoms with Crippen LogP contribution in [0.5, 0.6) is 5.75 Å². The van der Waals surface area contributed by atoms with Crippen molar-refractivity contribution in [2.45, 2.75) is 25.4 Å². The summed E-state index contributed by atoms with van der Waals surface area (Å²) in [6, 6.07) is 17.1. The summed E-state index contributed by atoms with van der Waals surface area (Å²) in [4.78, 5) is 7.18. The quantitative estimate of drug-likeness (QED) is 0.358. The Hall–Kier alpha value is -1.84. The van der Waals surface area contributed by atoms with Crippen LogP contribution < -0.4 is 15.8 Å². The first-order valence-corrected chi connectivity index (χ1v) is 10.4. The second-order valence-electron chi connectivity index (χ2n) is 7.68. The van der Waals surface area contributed by atoms with Gasteiger partial charge in [0.15, 0.2) is 5.96 Å². The fourth-order valence-corrected chi connectivity index (χ4v) is 4.10. The molecule has 1 saturated heterocycles. The lowest BCUT2D eigenvalue weighted by atomic mass is 10.0. The molecule has 0 spiro atoms. The highest BCUT2D eigenvalue weighted by Gasteiger charge is 2.24. The number of para-hydroxylation sites is 1. The number of aliphatic imine (C=N–C) groups is 1. The Bertz CT molecular complexity index is 855. The molecule has 6 nitrogen and oxygen atoms in total. The first kappa shape index (κ1) is 22.8. The van der Waals surface area contributed by atoms with Crippen LogP contribution >= 0.6 is 24.0 Å². The van der Waals surface area contributed by atoms with Crippen LogP contribution in [0.3, 0.4) is 0 Å². The van der Waals surface area contributed by atoms with Gasteiger partial charge in [0.1, 0.15) is 5.75 Å². The number of benzene rings is 2. The highest BCUT2D eigenvalue weighted by molar-refractivity contribution is 14.0. The minimum atomic E-state index is 0. The maximum Gasteiger partial charge on any atom is 0.189 e. The summed E-state index contributed by atoms with van der Waals surface area (Å²) in [6.07, 6.45) is 0.873. The lowest BCUT2D eigenvalue weighted by molar-refractivity contribution is 0.0179. The van der Waals surface area contributed by atoms with E-state index in [4.69, 9.17) is 20.2 Å². The highest BCUT2D eigenvalue weighted by atomic mass is 127. The third-order valence-electron chi connectivity index (χ3n) is 5.63. The van der Waals surface area contributed by atoms with Crippen LogP contribution in [0.25, 0.3) is 0 Å². The maximum absolute atomic E-state index is 6.30. The van der Waals surface area contributed by atoms with Crippen molar-refractivity contribution in [2.24, 2.45) is 10.7 Å². The summed E-state index contributed by atoms with van der Waals surface area (Å²) in [5.41, 5.74) is 9.98. The van der Waals surface area contributed by atoms with Gasteiger partial charge in [-0.3, -0.25) is 9.89 Å². The molecule has 0 amide bonds. The van der Waals surface area contributed by atoms with Crippen LogP contribution in [0.4, 0.5) is 0 Å². The van der Waals surface area contributed by atoms with Crippen molar-refractivity contribution in [3.63, 3.8) is 0 Å². The molecule has 0 aromatic heterocycles. The molecule has 162 valence electrons. The van der Waals surface area contributed by atoms with Crippen molar-refractivity contribution in [1.82, 2.24) is 10.2 Å². The Morgan fingerprint density at radius 2 is 1.97 bits per heavy atom. The number of aryl methyl sites for hydroxylation is 1. The van der Waals surface area contributed by atoms with E-state index < -0.39 is 0 Å². The Labute approximate surface area is 195 Å². The van der Waals surface area contributed by atoms with E-state index in [1.54, 1.807) is 0 Å². The average Bonchev–Trinajstić information content (AvgIpc) is 2.75. The molecular formula is C23H31IN4O2. The first-order chi connectivity index (χ1) is 14.2. The predicted octanol–water partition coefficient (Wildman–Crippen LogP) is 3.41. The second-order valence-corrected chi connectivity index (χ2v) is 7.68. The summed E-state index contributed by atoms with van der Waals surface area (Å²) in [6.45, 7) is 6.78. The number of guanidine groups is 1. The van der Waals surface area contributed by atoms with Gasteiger partial charge in [0, 0.05) is 25.1 Å². The Morgan fingerprint density at radius 3 is 2.77 bits per heavy atom. The van der Waals surface area contributed by atoms with Crippen LogP contribution in [0, 0.1) is 6.92 Å². The van der Waals surface area contributed by atoms with Crippen LogP contribution in [-0.4, -0.2) is 50.3 Å². The number of hydrogen-bond donors (Lipinski definition) is 2. The monoisotopic (exact) mass is 522 g/mol. The normalized spacial score (nSPS) is 20.4. The van der Waals surface area contributed by atoms with Gasteiger partial charge >= 0.3 is 0 Å². The fraction of sp³-hybridized carbons (Fsp3) is 0.435. The molecule has 0 bridgehead atoms. The van der Waals surface area contributed by atoms with E-state index in [1.165, 1.54) is 11.1 Å². The van der Waals surface area contributed by atoms with Crippen LogP contribution in [-0.2, 0) is 4.74 Å². The van der Waals surface area contributed by atoms with E-state index in [-0.39, 0.29) is 36.1 Å². The van der Waals surface area contributed by atoms with E-state index >= 15 is 0 Å². The molecular weight excluding hydrogens is 491 g/mol. The molecule has 4 rings (SSSR count). The van der Waals surface area contributed by atoms with Crippen molar-refractivity contribution in [1.29, 1.82) is 0 Å². The van der Waals surface area contributed by atoms with Crippen molar-refractivity contribution < 1.29 is 9.47 Å². The zero-order chi connectivity index (χ0) is 20.1. The number of hydrogen-bond acceptors (Lipinski definition) is 4. The van der Waals surface area contributed by atoms with Gasteiger partial charge in [0.25, 0.3) is 0 Å². The van der Waals surface area contributed by atoms with Gasteiger partial charge in [0.2, 0.25) is 0 Å². The van der Waals surface area contributed by atoms with Gasteiger partial charge in [0.05, 0.1) is 38.4 Å². The molecule has 0 radical (unpaired) electrons. The number of nitrogens with two attached hydrogens (primary N) is 1. The molecule has 2 aromatic rings. The minimum absolute atomic E-state index is 0. The van der Waals surface area contributed by atoms with Crippen LogP contribution in [0.15, 0.2) is 53.5 Å². The SMILES string of the molecule is Cc1cccc(C(CN=C(N)NC2CCOc3ccccc32)N2CCOCC2)c1.I. The largest absolute Gasteiger partial charge is 0.493 e. The van der Waals surface area contributed by atoms with Crippen LogP contribution in [0.2, 0.25) is 0 Å². The summed E-state index contributed by atoms with van der Waals surface area (Å²) in [5, 5.41) is 3.40. The summed E-state index contributed by atoms with van der Waals surface area (Å²) in [5.74, 6) is 1.41. The number of halogens is 1. The molecule has 2 aromatic carbocycles. The second kappa shape index (κ2) is 11.0. The fourth-order valence-electron chi connectivity index (χ4n) is 4.10. The Morgan fingerprint density at radius 1 is 1.17 bits per heavy atom. The number of morpholine rings is 1. The molecule has 3 N–H and O–H groups in total. The van der Waals surface area contributed by atoms with E-state index in [0.29, 0.717) is 19.1 Å². The highest BCUT2D eigenvalue weighted by Crippen LogP contribution is 2.31. The Balaban J connectivity index is 0.00000256. The molecule has 2 unspecified atom stereocenters. The number of ether oxygens (including phenoxy) is 2. The molecule has 30 heavy (non-hydrogen) atoms. The van der Waals surface area contributed by atoms with E-state index in [9.17, 15) is 0 Å². The molecule has 0 saturated carbocycles. The third-order valence-corrected chi connectivity index (χ3v) is 5.63. The molecule has 2 atom stereocenters. The predicted molar refractivity (Wildman–Crippen MR) is 131 cm³/mol. The van der Waals surface area contributed by atoms with Gasteiger partial charge in [-0.1, -0.05) is 48.0 Å². The van der Waals surface area contributed by atoms with Crippen molar-refractivity contribution in [2.75, 3.05) is 39.5 Å². The average molecular weight is 522 g/mol. The van der Waals surface area contributed by atoms with Crippen molar-refractivity contribution in [3.05, 3.63) is 65.2 Å². The van der Waals surface area contributed by atoms with Gasteiger partial charge in [-0.25, -0.2) is 0 Å². The molecule has 7 heteroatoms.